The molecule has 0 spiro atoms. The standard InChI is InChI=1S/C18H27N5/c1-3-18-20-15(2)17(21-18)14-23-9-5-8-22(10-11-23)13-16-6-4-7-19-12-16/h4,6-7,12H,3,5,8-11,13-14H2,1-2H3,(H,20,21). The summed E-state index contributed by atoms with van der Waals surface area (Å²) in [4.78, 5) is 17.4. The van der Waals surface area contributed by atoms with Gasteiger partial charge in [-0.1, -0.05) is 13.0 Å². The lowest BCUT2D eigenvalue weighted by molar-refractivity contribution is 0.245. The van der Waals surface area contributed by atoms with Crippen molar-refractivity contribution in [3.05, 3.63) is 47.3 Å². The van der Waals surface area contributed by atoms with Gasteiger partial charge in [0.15, 0.2) is 0 Å². The summed E-state index contributed by atoms with van der Waals surface area (Å²) >= 11 is 0. The summed E-state index contributed by atoms with van der Waals surface area (Å²) in [6.07, 6.45) is 6.00. The second kappa shape index (κ2) is 7.70. The zero-order chi connectivity index (χ0) is 16.1. The second-order valence-corrected chi connectivity index (χ2v) is 6.38. The van der Waals surface area contributed by atoms with Crippen molar-refractivity contribution in [2.24, 2.45) is 0 Å². The summed E-state index contributed by atoms with van der Waals surface area (Å²) in [5.74, 6) is 1.10. The number of pyridine rings is 1. The molecule has 0 saturated carbocycles. The molecule has 0 radical (unpaired) electrons. The van der Waals surface area contributed by atoms with E-state index in [9.17, 15) is 0 Å². The molecule has 23 heavy (non-hydrogen) atoms. The van der Waals surface area contributed by atoms with E-state index in [2.05, 4.69) is 39.7 Å². The van der Waals surface area contributed by atoms with Crippen molar-refractivity contribution in [3.8, 4) is 0 Å². The highest BCUT2D eigenvalue weighted by Gasteiger charge is 2.17. The van der Waals surface area contributed by atoms with Crippen LogP contribution >= 0.6 is 0 Å². The molecule has 1 saturated heterocycles. The van der Waals surface area contributed by atoms with Crippen molar-refractivity contribution in [1.29, 1.82) is 0 Å². The molecular weight excluding hydrogens is 286 g/mol. The minimum Gasteiger partial charge on any atom is -0.346 e. The van der Waals surface area contributed by atoms with E-state index in [4.69, 9.17) is 4.98 Å². The van der Waals surface area contributed by atoms with Gasteiger partial charge in [-0.05, 0) is 38.1 Å². The zero-order valence-corrected chi connectivity index (χ0v) is 14.3. The lowest BCUT2D eigenvalue weighted by Crippen LogP contribution is -2.30. The van der Waals surface area contributed by atoms with Gasteiger partial charge in [-0.2, -0.15) is 0 Å². The predicted molar refractivity (Wildman–Crippen MR) is 92.1 cm³/mol. The summed E-state index contributed by atoms with van der Waals surface area (Å²) < 4.78 is 0. The van der Waals surface area contributed by atoms with Gasteiger partial charge >= 0.3 is 0 Å². The van der Waals surface area contributed by atoms with Crippen LogP contribution in [0.1, 0.15) is 36.1 Å². The molecule has 5 nitrogen and oxygen atoms in total. The Morgan fingerprint density at radius 1 is 1.13 bits per heavy atom. The van der Waals surface area contributed by atoms with E-state index in [-0.39, 0.29) is 0 Å². The molecule has 3 heterocycles. The quantitative estimate of drug-likeness (QED) is 0.921. The topological polar surface area (TPSA) is 48.1 Å². The smallest absolute Gasteiger partial charge is 0.106 e. The number of aryl methyl sites for hydroxylation is 2. The van der Waals surface area contributed by atoms with Gasteiger partial charge in [0.25, 0.3) is 0 Å². The Morgan fingerprint density at radius 2 is 1.91 bits per heavy atom. The van der Waals surface area contributed by atoms with Gasteiger partial charge in [-0.3, -0.25) is 14.8 Å². The molecule has 124 valence electrons. The molecule has 0 bridgehead atoms. The molecule has 0 atom stereocenters. The molecule has 2 aromatic heterocycles. The van der Waals surface area contributed by atoms with Gasteiger partial charge in [-0.15, -0.1) is 0 Å². The molecule has 0 amide bonds. The molecule has 1 N–H and O–H groups in total. The first-order chi connectivity index (χ1) is 11.2. The molecule has 5 heteroatoms. The van der Waals surface area contributed by atoms with Crippen LogP contribution in [0.3, 0.4) is 0 Å². The zero-order valence-electron chi connectivity index (χ0n) is 14.3. The first-order valence-corrected chi connectivity index (χ1v) is 8.62. The van der Waals surface area contributed by atoms with Gasteiger partial charge in [0.05, 0.1) is 5.69 Å². The third-order valence-corrected chi connectivity index (χ3v) is 4.55. The van der Waals surface area contributed by atoms with Crippen LogP contribution in [0, 0.1) is 6.92 Å². The first kappa shape index (κ1) is 16.1. The highest BCUT2D eigenvalue weighted by atomic mass is 15.2. The van der Waals surface area contributed by atoms with E-state index in [1.807, 2.05) is 18.5 Å². The molecule has 1 aliphatic rings. The molecule has 3 rings (SSSR count). The maximum Gasteiger partial charge on any atom is 0.106 e. The molecule has 0 aromatic carbocycles. The number of hydrogen-bond donors (Lipinski definition) is 1. The summed E-state index contributed by atoms with van der Waals surface area (Å²) in [6.45, 7) is 10.8. The summed E-state index contributed by atoms with van der Waals surface area (Å²) in [6, 6.07) is 4.18. The first-order valence-electron chi connectivity index (χ1n) is 8.62. The molecule has 0 aliphatic carbocycles. The fourth-order valence-corrected chi connectivity index (χ4v) is 3.19. The number of nitrogens with zero attached hydrogens (tertiary/aromatic N) is 4. The van der Waals surface area contributed by atoms with Crippen molar-refractivity contribution in [1.82, 2.24) is 24.8 Å². The van der Waals surface area contributed by atoms with E-state index in [1.165, 1.54) is 23.4 Å². The Balaban J connectivity index is 1.54. The largest absolute Gasteiger partial charge is 0.346 e. The van der Waals surface area contributed by atoms with Gasteiger partial charge in [0.2, 0.25) is 0 Å². The fraction of sp³-hybridized carbons (Fsp3) is 0.556. The van der Waals surface area contributed by atoms with Crippen LogP contribution in [-0.2, 0) is 19.5 Å². The minimum absolute atomic E-state index is 0.961. The van der Waals surface area contributed by atoms with Crippen molar-refractivity contribution < 1.29 is 0 Å². The van der Waals surface area contributed by atoms with E-state index in [1.54, 1.807) is 0 Å². The van der Waals surface area contributed by atoms with Gasteiger partial charge in [-0.25, -0.2) is 4.98 Å². The fourth-order valence-electron chi connectivity index (χ4n) is 3.19. The van der Waals surface area contributed by atoms with Crippen LogP contribution in [0.5, 0.6) is 0 Å². The summed E-state index contributed by atoms with van der Waals surface area (Å²) in [7, 11) is 0. The maximum atomic E-state index is 4.72. The normalized spacial score (nSPS) is 17.3. The van der Waals surface area contributed by atoms with Crippen molar-refractivity contribution in [2.75, 3.05) is 26.2 Å². The van der Waals surface area contributed by atoms with Crippen molar-refractivity contribution in [3.63, 3.8) is 0 Å². The number of rotatable bonds is 5. The van der Waals surface area contributed by atoms with E-state index >= 15 is 0 Å². The third-order valence-electron chi connectivity index (χ3n) is 4.55. The number of imidazole rings is 1. The van der Waals surface area contributed by atoms with Crippen LogP contribution in [0.15, 0.2) is 24.5 Å². The minimum atomic E-state index is 0.961. The van der Waals surface area contributed by atoms with E-state index in [0.717, 1.165) is 51.5 Å². The molecular formula is C18H27N5. The number of aromatic nitrogens is 3. The Hall–Kier alpha value is -1.72. The van der Waals surface area contributed by atoms with Crippen molar-refractivity contribution in [2.45, 2.75) is 39.8 Å². The van der Waals surface area contributed by atoms with Gasteiger partial charge in [0, 0.05) is 50.7 Å². The Kier molecular flexibility index (Phi) is 5.41. The Bertz CT molecular complexity index is 607. The summed E-state index contributed by atoms with van der Waals surface area (Å²) in [5.41, 5.74) is 3.73. The number of aromatic amines is 1. The van der Waals surface area contributed by atoms with E-state index in [0.29, 0.717) is 0 Å². The molecule has 2 aromatic rings. The van der Waals surface area contributed by atoms with Crippen LogP contribution < -0.4 is 0 Å². The highest BCUT2D eigenvalue weighted by molar-refractivity contribution is 5.13. The van der Waals surface area contributed by atoms with Crippen LogP contribution in [-0.4, -0.2) is 50.9 Å². The van der Waals surface area contributed by atoms with Crippen LogP contribution in [0.25, 0.3) is 0 Å². The number of H-pyrrole nitrogens is 1. The Labute approximate surface area is 138 Å². The third kappa shape index (κ3) is 4.39. The predicted octanol–water partition coefficient (Wildman–Crippen LogP) is 2.38. The average molecular weight is 313 g/mol. The lowest BCUT2D eigenvalue weighted by Gasteiger charge is -2.21. The number of hydrogen-bond acceptors (Lipinski definition) is 4. The molecule has 1 fully saturated rings. The maximum absolute atomic E-state index is 4.72. The highest BCUT2D eigenvalue weighted by Crippen LogP contribution is 2.13. The summed E-state index contributed by atoms with van der Waals surface area (Å²) in [5, 5.41) is 0. The number of nitrogens with one attached hydrogen (secondary N) is 1. The van der Waals surface area contributed by atoms with Gasteiger partial charge in [0.1, 0.15) is 5.82 Å². The average Bonchev–Trinajstić information content (AvgIpc) is 2.78. The monoisotopic (exact) mass is 313 g/mol. The van der Waals surface area contributed by atoms with Crippen molar-refractivity contribution >= 4 is 0 Å². The molecule has 0 unspecified atom stereocenters. The molecule has 1 aliphatic heterocycles. The second-order valence-electron chi connectivity index (χ2n) is 6.38. The van der Waals surface area contributed by atoms with Gasteiger partial charge < -0.3 is 4.98 Å². The van der Waals surface area contributed by atoms with E-state index < -0.39 is 0 Å². The van der Waals surface area contributed by atoms with Crippen LogP contribution in [0.4, 0.5) is 0 Å². The Morgan fingerprint density at radius 3 is 2.57 bits per heavy atom. The van der Waals surface area contributed by atoms with Crippen LogP contribution in [0.2, 0.25) is 0 Å². The SMILES string of the molecule is CCc1nc(CN2CCCN(Cc3cccnc3)CC2)c(C)[nH]1. The lowest BCUT2D eigenvalue weighted by atomic mass is 10.2.